The van der Waals surface area contributed by atoms with Gasteiger partial charge in [0, 0.05) is 30.5 Å². The summed E-state index contributed by atoms with van der Waals surface area (Å²) in [4.78, 5) is 18.9. The highest BCUT2D eigenvalue weighted by molar-refractivity contribution is 9.10. The molecule has 2 heterocycles. The predicted octanol–water partition coefficient (Wildman–Crippen LogP) is 5.05. The Labute approximate surface area is 179 Å². The molecule has 2 rings (SSSR count). The fourth-order valence-corrected chi connectivity index (χ4v) is 3.54. The van der Waals surface area contributed by atoms with E-state index in [2.05, 4.69) is 39.7 Å². The first-order chi connectivity index (χ1) is 12.7. The van der Waals surface area contributed by atoms with Gasteiger partial charge in [-0.2, -0.15) is 0 Å². The van der Waals surface area contributed by atoms with Crippen LogP contribution in [-0.2, 0) is 16.0 Å². The molecule has 0 radical (unpaired) electrons. The van der Waals surface area contributed by atoms with Crippen molar-refractivity contribution in [2.75, 3.05) is 18.0 Å². The van der Waals surface area contributed by atoms with Crippen molar-refractivity contribution in [1.82, 2.24) is 4.98 Å². The fourth-order valence-electron chi connectivity index (χ4n) is 2.95. The van der Waals surface area contributed by atoms with Crippen molar-refractivity contribution in [3.05, 3.63) is 21.9 Å². The first kappa shape index (κ1) is 24.9. The minimum atomic E-state index is -0.500. The molecule has 160 valence electrons. The van der Waals surface area contributed by atoms with Gasteiger partial charge in [0.25, 0.3) is 0 Å². The number of ether oxygens (including phenoxy) is 1. The Bertz CT molecular complexity index is 650. The van der Waals surface area contributed by atoms with E-state index in [0.717, 1.165) is 47.3 Å². The van der Waals surface area contributed by atoms with E-state index in [1.165, 1.54) is 0 Å². The van der Waals surface area contributed by atoms with E-state index in [-0.39, 0.29) is 18.5 Å². The van der Waals surface area contributed by atoms with Crippen molar-refractivity contribution < 1.29 is 14.6 Å². The number of pyridine rings is 1. The Morgan fingerprint density at radius 2 is 1.82 bits per heavy atom. The largest absolute Gasteiger partial charge is 0.463 e. The van der Waals surface area contributed by atoms with Crippen LogP contribution in [0.25, 0.3) is 0 Å². The third-order valence-corrected chi connectivity index (χ3v) is 5.02. The van der Waals surface area contributed by atoms with Crippen LogP contribution in [0.5, 0.6) is 0 Å². The number of piperidine rings is 1. The highest BCUT2D eigenvalue weighted by atomic mass is 79.9. The molecule has 5 nitrogen and oxygen atoms in total. The van der Waals surface area contributed by atoms with Crippen LogP contribution in [0.3, 0.4) is 0 Å². The van der Waals surface area contributed by atoms with Crippen molar-refractivity contribution in [1.29, 1.82) is 0 Å². The van der Waals surface area contributed by atoms with Gasteiger partial charge in [-0.05, 0) is 75.7 Å². The molecule has 1 aromatic rings. The molecule has 0 bridgehead atoms. The number of esters is 1. The number of anilines is 1. The van der Waals surface area contributed by atoms with Crippen LogP contribution in [0.1, 0.15) is 72.6 Å². The Balaban J connectivity index is 0.000000696. The van der Waals surface area contributed by atoms with E-state index in [0.29, 0.717) is 5.41 Å². The molecule has 0 aromatic carbocycles. The minimum Gasteiger partial charge on any atom is -0.463 e. The van der Waals surface area contributed by atoms with Crippen LogP contribution in [0, 0.1) is 12.3 Å². The van der Waals surface area contributed by atoms with Gasteiger partial charge in [-0.1, -0.05) is 13.8 Å². The fraction of sp³-hybridized carbons (Fsp3) is 0.727. The zero-order valence-electron chi connectivity index (χ0n) is 18.7. The van der Waals surface area contributed by atoms with E-state index in [9.17, 15) is 4.79 Å². The number of carbonyl (C=O) groups is 1. The third kappa shape index (κ3) is 8.91. The molecule has 1 fully saturated rings. The van der Waals surface area contributed by atoms with Gasteiger partial charge in [-0.3, -0.25) is 9.78 Å². The molecule has 0 amide bonds. The third-order valence-electron chi connectivity index (χ3n) is 4.44. The molecule has 0 atom stereocenters. The minimum absolute atomic E-state index is 0.0952. The van der Waals surface area contributed by atoms with Crippen LogP contribution in [0.4, 0.5) is 5.69 Å². The summed E-state index contributed by atoms with van der Waals surface area (Å²) in [6.07, 6.45) is 4.31. The number of halogens is 1. The highest BCUT2D eigenvalue weighted by Crippen LogP contribution is 2.37. The summed E-state index contributed by atoms with van der Waals surface area (Å²) in [5.74, 6) is -0.193. The van der Waals surface area contributed by atoms with E-state index in [4.69, 9.17) is 9.84 Å². The Morgan fingerprint density at radius 3 is 2.29 bits per heavy atom. The summed E-state index contributed by atoms with van der Waals surface area (Å²) in [5, 5.41) is 8.52. The first-order valence-electron chi connectivity index (χ1n) is 10.0. The zero-order valence-corrected chi connectivity index (χ0v) is 20.3. The number of rotatable bonds is 4. The van der Waals surface area contributed by atoms with Crippen molar-refractivity contribution in [3.8, 4) is 0 Å². The van der Waals surface area contributed by atoms with Crippen LogP contribution in [0.15, 0.2) is 10.7 Å². The molecule has 0 aliphatic carbocycles. The van der Waals surface area contributed by atoms with E-state index >= 15 is 0 Å². The number of carbonyl (C=O) groups excluding carboxylic acids is 1. The second-order valence-corrected chi connectivity index (χ2v) is 10.4. The lowest BCUT2D eigenvalue weighted by Gasteiger charge is -2.39. The van der Waals surface area contributed by atoms with Gasteiger partial charge in [0.05, 0.1) is 28.3 Å². The van der Waals surface area contributed by atoms with Gasteiger partial charge >= 0.3 is 5.97 Å². The van der Waals surface area contributed by atoms with Gasteiger partial charge in [-0.15, -0.1) is 0 Å². The normalized spacial score (nSPS) is 16.5. The standard InChI is InChI=1S/C18H27BrN2O2.C4H10O/c1-12(2)23-16(22)10-14-13(3)20-11-15(19)17(14)21-8-6-18(4,5)7-9-21;1-4(2,3)5/h11-12H,6-10H2,1-5H3;5H,1-3H3. The summed E-state index contributed by atoms with van der Waals surface area (Å²) >= 11 is 3.63. The summed E-state index contributed by atoms with van der Waals surface area (Å²) in [7, 11) is 0. The van der Waals surface area contributed by atoms with Crippen molar-refractivity contribution in [2.45, 2.75) is 86.4 Å². The number of hydrogen-bond acceptors (Lipinski definition) is 5. The maximum Gasteiger partial charge on any atom is 0.310 e. The molecule has 1 N–H and O–H groups in total. The summed E-state index contributed by atoms with van der Waals surface area (Å²) in [5.41, 5.74) is 2.87. The number of hydrogen-bond donors (Lipinski definition) is 1. The van der Waals surface area contributed by atoms with Gasteiger partial charge < -0.3 is 14.7 Å². The second kappa shape index (κ2) is 10.1. The monoisotopic (exact) mass is 456 g/mol. The van der Waals surface area contributed by atoms with Crippen molar-refractivity contribution in [2.24, 2.45) is 5.41 Å². The molecular weight excluding hydrogens is 420 g/mol. The van der Waals surface area contributed by atoms with Gasteiger partial charge in [0.2, 0.25) is 0 Å². The predicted molar refractivity (Wildman–Crippen MR) is 119 cm³/mol. The molecule has 0 saturated carbocycles. The van der Waals surface area contributed by atoms with E-state index in [1.54, 1.807) is 20.8 Å². The average molecular weight is 457 g/mol. The van der Waals surface area contributed by atoms with Crippen molar-refractivity contribution >= 4 is 27.6 Å². The molecule has 1 aromatic heterocycles. The maximum atomic E-state index is 12.1. The smallest absolute Gasteiger partial charge is 0.310 e. The molecule has 0 unspecified atom stereocenters. The number of aryl methyl sites for hydroxylation is 1. The molecule has 28 heavy (non-hydrogen) atoms. The lowest BCUT2D eigenvalue weighted by molar-refractivity contribution is -0.146. The molecular formula is C22H37BrN2O3. The van der Waals surface area contributed by atoms with Crippen molar-refractivity contribution in [3.63, 3.8) is 0 Å². The summed E-state index contributed by atoms with van der Waals surface area (Å²) in [6, 6.07) is 0. The van der Waals surface area contributed by atoms with Crippen LogP contribution in [-0.4, -0.2) is 40.9 Å². The lowest BCUT2D eigenvalue weighted by atomic mass is 9.82. The number of aliphatic hydroxyl groups is 1. The van der Waals surface area contributed by atoms with E-state index < -0.39 is 5.60 Å². The summed E-state index contributed by atoms with van der Waals surface area (Å²) < 4.78 is 6.28. The van der Waals surface area contributed by atoms with E-state index in [1.807, 2.05) is 27.0 Å². The maximum absolute atomic E-state index is 12.1. The second-order valence-electron chi connectivity index (χ2n) is 9.56. The summed E-state index contributed by atoms with van der Waals surface area (Å²) in [6.45, 7) is 17.6. The zero-order chi connectivity index (χ0) is 21.7. The molecule has 0 spiro atoms. The van der Waals surface area contributed by atoms with Gasteiger partial charge in [0.15, 0.2) is 0 Å². The lowest BCUT2D eigenvalue weighted by Crippen LogP contribution is -2.38. The number of nitrogens with zero attached hydrogens (tertiary/aromatic N) is 2. The SMILES string of the molecule is CC(C)(C)O.Cc1ncc(Br)c(N2CCC(C)(C)CC2)c1CC(=O)OC(C)C. The Morgan fingerprint density at radius 1 is 1.32 bits per heavy atom. The molecule has 6 heteroatoms. The molecule has 1 aliphatic heterocycles. The van der Waals surface area contributed by atoms with Gasteiger partial charge in [-0.25, -0.2) is 0 Å². The number of aromatic nitrogens is 1. The van der Waals surface area contributed by atoms with Crippen LogP contribution >= 0.6 is 15.9 Å². The Hall–Kier alpha value is -1.14. The highest BCUT2D eigenvalue weighted by Gasteiger charge is 2.28. The Kier molecular flexibility index (Phi) is 8.94. The van der Waals surface area contributed by atoms with Crippen LogP contribution < -0.4 is 4.90 Å². The molecule has 1 aliphatic rings. The first-order valence-corrected chi connectivity index (χ1v) is 10.8. The quantitative estimate of drug-likeness (QED) is 0.641. The molecule has 1 saturated heterocycles. The van der Waals surface area contributed by atoms with Crippen LogP contribution in [0.2, 0.25) is 0 Å². The van der Waals surface area contributed by atoms with Gasteiger partial charge in [0.1, 0.15) is 0 Å². The average Bonchev–Trinajstić information content (AvgIpc) is 2.49. The topological polar surface area (TPSA) is 62.7 Å².